The monoisotopic (exact) mass is 181 g/mol. The lowest BCUT2D eigenvalue weighted by Gasteiger charge is -2.42. The van der Waals surface area contributed by atoms with Crippen LogP contribution in [0.4, 0.5) is 0 Å². The molecule has 3 unspecified atom stereocenters. The highest BCUT2D eigenvalue weighted by molar-refractivity contribution is 6.08. The quantitative estimate of drug-likeness (QED) is 0.659. The summed E-state index contributed by atoms with van der Waals surface area (Å²) < 4.78 is 0. The summed E-state index contributed by atoms with van der Waals surface area (Å²) in [6.07, 6.45) is 2.67. The van der Waals surface area contributed by atoms with E-state index in [9.17, 15) is 5.21 Å². The molecule has 2 nitrogen and oxygen atoms in total. The van der Waals surface area contributed by atoms with E-state index >= 15 is 0 Å². The van der Waals surface area contributed by atoms with Crippen LogP contribution in [0.3, 0.4) is 0 Å². The predicted octanol–water partition coefficient (Wildman–Crippen LogP) is 2.09. The molecule has 0 amide bonds. The molecule has 0 aliphatic carbocycles. The van der Waals surface area contributed by atoms with Crippen molar-refractivity contribution in [2.24, 2.45) is 11.8 Å². The van der Waals surface area contributed by atoms with E-state index in [-0.39, 0.29) is 12.1 Å². The third kappa shape index (κ3) is 2.47. The summed E-state index contributed by atoms with van der Waals surface area (Å²) in [7, 11) is 5.62. The van der Waals surface area contributed by atoms with Gasteiger partial charge in [-0.05, 0) is 24.7 Å². The first-order chi connectivity index (χ1) is 6.06. The molecular weight excluding hydrogens is 161 g/mol. The lowest BCUT2D eigenvalue weighted by Crippen LogP contribution is -2.48. The van der Waals surface area contributed by atoms with Crippen LogP contribution in [-0.2, 0) is 0 Å². The molecule has 0 aromatic heterocycles. The highest BCUT2D eigenvalue weighted by Gasteiger charge is 2.33. The van der Waals surface area contributed by atoms with Crippen LogP contribution < -0.4 is 0 Å². The van der Waals surface area contributed by atoms with Crippen molar-refractivity contribution >= 4 is 7.85 Å². The van der Waals surface area contributed by atoms with Crippen molar-refractivity contribution < 1.29 is 5.21 Å². The van der Waals surface area contributed by atoms with Crippen molar-refractivity contribution in [2.45, 2.75) is 52.0 Å². The van der Waals surface area contributed by atoms with E-state index in [0.717, 1.165) is 12.8 Å². The van der Waals surface area contributed by atoms with E-state index < -0.39 is 0 Å². The van der Waals surface area contributed by atoms with Crippen molar-refractivity contribution in [1.29, 1.82) is 0 Å². The molecule has 0 bridgehead atoms. The van der Waals surface area contributed by atoms with Crippen LogP contribution in [-0.4, -0.2) is 30.2 Å². The second-order valence-corrected chi connectivity index (χ2v) is 4.66. The fourth-order valence-corrected chi connectivity index (χ4v) is 2.24. The molecule has 1 saturated heterocycles. The number of hydrogen-bond acceptors (Lipinski definition) is 2. The maximum absolute atomic E-state index is 9.87. The maximum atomic E-state index is 9.87. The molecule has 0 spiro atoms. The molecule has 1 N–H and O–H groups in total. The summed E-state index contributed by atoms with van der Waals surface area (Å²) in [5.74, 6) is 1.19. The van der Waals surface area contributed by atoms with Crippen LogP contribution in [0.15, 0.2) is 0 Å². The Bertz CT molecular complexity index is 163. The Kier molecular flexibility index (Phi) is 3.80. The Hall–Kier alpha value is -0.0151. The Labute approximate surface area is 82.7 Å². The number of rotatable bonds is 2. The van der Waals surface area contributed by atoms with Crippen LogP contribution in [0.1, 0.15) is 33.6 Å². The van der Waals surface area contributed by atoms with Gasteiger partial charge < -0.3 is 5.21 Å². The third-order valence-corrected chi connectivity index (χ3v) is 3.07. The van der Waals surface area contributed by atoms with Crippen LogP contribution in [0, 0.1) is 11.8 Å². The van der Waals surface area contributed by atoms with E-state index in [0.29, 0.717) is 18.2 Å². The zero-order valence-electron chi connectivity index (χ0n) is 8.90. The molecule has 0 aromatic carbocycles. The largest absolute Gasteiger partial charge is 0.313 e. The summed E-state index contributed by atoms with van der Waals surface area (Å²) in [4.78, 5) is 0. The molecule has 1 fully saturated rings. The summed E-state index contributed by atoms with van der Waals surface area (Å²) in [5, 5.41) is 11.4. The molecule has 2 radical (unpaired) electrons. The van der Waals surface area contributed by atoms with Crippen molar-refractivity contribution in [3.8, 4) is 0 Å². The van der Waals surface area contributed by atoms with E-state index in [1.165, 1.54) is 5.06 Å². The molecule has 1 heterocycles. The fraction of sp³-hybridized carbons (Fsp3) is 1.00. The topological polar surface area (TPSA) is 23.5 Å². The van der Waals surface area contributed by atoms with Crippen molar-refractivity contribution in [1.82, 2.24) is 5.06 Å². The van der Waals surface area contributed by atoms with Gasteiger partial charge in [-0.25, -0.2) is 0 Å². The SMILES string of the molecule is [B]CC1CC(C)CC(C(C)C)N1O. The van der Waals surface area contributed by atoms with Gasteiger partial charge in [-0.1, -0.05) is 27.1 Å². The standard InChI is InChI=1S/C10H20BNO/c1-7(2)10-5-8(3)4-9(6-11)12(10)13/h7-10,13H,4-6H2,1-3H3. The van der Waals surface area contributed by atoms with Gasteiger partial charge in [0.2, 0.25) is 0 Å². The number of hydrogen-bond donors (Lipinski definition) is 1. The van der Waals surface area contributed by atoms with Gasteiger partial charge >= 0.3 is 0 Å². The Morgan fingerprint density at radius 1 is 1.46 bits per heavy atom. The van der Waals surface area contributed by atoms with Gasteiger partial charge in [0.25, 0.3) is 0 Å². The summed E-state index contributed by atoms with van der Waals surface area (Å²) in [5.41, 5.74) is 0. The van der Waals surface area contributed by atoms with Crippen molar-refractivity contribution in [3.63, 3.8) is 0 Å². The van der Waals surface area contributed by atoms with Crippen molar-refractivity contribution in [2.75, 3.05) is 0 Å². The highest BCUT2D eigenvalue weighted by Crippen LogP contribution is 2.30. The smallest absolute Gasteiger partial charge is 0.0675 e. The summed E-state index contributed by atoms with van der Waals surface area (Å²) in [6.45, 7) is 6.55. The van der Waals surface area contributed by atoms with Crippen molar-refractivity contribution in [3.05, 3.63) is 0 Å². The average molecular weight is 181 g/mol. The molecule has 0 aromatic rings. The average Bonchev–Trinajstić information content (AvgIpc) is 2.08. The van der Waals surface area contributed by atoms with Gasteiger partial charge in [0.15, 0.2) is 0 Å². The lowest BCUT2D eigenvalue weighted by molar-refractivity contribution is -0.190. The third-order valence-electron chi connectivity index (χ3n) is 3.07. The van der Waals surface area contributed by atoms with Gasteiger partial charge in [-0.3, -0.25) is 0 Å². The van der Waals surface area contributed by atoms with Crippen LogP contribution in [0.25, 0.3) is 0 Å². The van der Waals surface area contributed by atoms with Gasteiger partial charge in [-0.15, -0.1) is 0 Å². The molecule has 74 valence electrons. The van der Waals surface area contributed by atoms with E-state index in [1.54, 1.807) is 0 Å². The first-order valence-electron chi connectivity index (χ1n) is 5.23. The second kappa shape index (κ2) is 4.47. The van der Waals surface area contributed by atoms with E-state index in [1.807, 2.05) is 0 Å². The molecule has 1 rings (SSSR count). The zero-order chi connectivity index (χ0) is 10.0. The lowest BCUT2D eigenvalue weighted by atomic mass is 9.80. The molecule has 3 heteroatoms. The van der Waals surface area contributed by atoms with E-state index in [4.69, 9.17) is 7.85 Å². The number of nitrogens with zero attached hydrogens (tertiary/aromatic N) is 1. The van der Waals surface area contributed by atoms with Gasteiger partial charge in [0, 0.05) is 12.1 Å². The van der Waals surface area contributed by atoms with E-state index in [2.05, 4.69) is 20.8 Å². The van der Waals surface area contributed by atoms with Crippen LogP contribution >= 0.6 is 0 Å². The fourth-order valence-electron chi connectivity index (χ4n) is 2.24. The predicted molar refractivity (Wildman–Crippen MR) is 55.0 cm³/mol. The Morgan fingerprint density at radius 3 is 2.54 bits per heavy atom. The normalized spacial score (nSPS) is 36.8. The van der Waals surface area contributed by atoms with Crippen LogP contribution in [0.2, 0.25) is 6.32 Å². The molecule has 13 heavy (non-hydrogen) atoms. The highest BCUT2D eigenvalue weighted by atomic mass is 16.5. The molecule has 3 atom stereocenters. The summed E-state index contributed by atoms with van der Waals surface area (Å²) in [6, 6.07) is 0.452. The molecule has 0 saturated carbocycles. The minimum Gasteiger partial charge on any atom is -0.313 e. The molecule has 1 aliphatic rings. The second-order valence-electron chi connectivity index (χ2n) is 4.66. The molecule has 1 aliphatic heterocycles. The van der Waals surface area contributed by atoms with Crippen LogP contribution in [0.5, 0.6) is 0 Å². The summed E-state index contributed by atoms with van der Waals surface area (Å²) >= 11 is 0. The minimum atomic E-state index is 0.163. The minimum absolute atomic E-state index is 0.163. The Balaban J connectivity index is 2.63. The van der Waals surface area contributed by atoms with Gasteiger partial charge in [0.1, 0.15) is 0 Å². The zero-order valence-corrected chi connectivity index (χ0v) is 8.90. The van der Waals surface area contributed by atoms with Gasteiger partial charge in [-0.2, -0.15) is 5.06 Å². The molecular formula is C10H20BNO. The van der Waals surface area contributed by atoms with Gasteiger partial charge in [0.05, 0.1) is 7.85 Å². The first-order valence-corrected chi connectivity index (χ1v) is 5.23. The number of hydroxylamine groups is 2. The number of piperidine rings is 1. The first kappa shape index (κ1) is 11.1. The Morgan fingerprint density at radius 2 is 2.08 bits per heavy atom. The maximum Gasteiger partial charge on any atom is 0.0675 e.